The van der Waals surface area contributed by atoms with Crippen LogP contribution in [-0.4, -0.2) is 85.7 Å². The molecule has 0 aliphatic carbocycles. The van der Waals surface area contributed by atoms with Crippen molar-refractivity contribution in [2.24, 2.45) is 10.1 Å². The first-order valence-corrected chi connectivity index (χ1v) is 16.6. The SMILES string of the molecule is CC(C)OC(=O)NN(SC1=NC2(C(=O)N(c3ccccc3)N=C2c2cccs2)N(C(=O)OC(C)C)N1C(=O)OC(C)C)C(=O)OC(C)C. The zero-order chi connectivity index (χ0) is 35.3. The molecule has 2 aromatic rings. The number of hydrazine groups is 2. The Morgan fingerprint density at radius 1 is 0.833 bits per heavy atom. The minimum absolute atomic E-state index is 0.0199. The van der Waals surface area contributed by atoms with E-state index in [2.05, 4.69) is 15.5 Å². The van der Waals surface area contributed by atoms with Gasteiger partial charge in [0.25, 0.3) is 5.66 Å². The highest BCUT2D eigenvalue weighted by molar-refractivity contribution is 8.12. The third-order valence-corrected chi connectivity index (χ3v) is 7.68. The first-order chi connectivity index (χ1) is 22.6. The molecular formula is C30H37N7O9S2. The molecule has 3 heterocycles. The van der Waals surface area contributed by atoms with E-state index >= 15 is 0 Å². The van der Waals surface area contributed by atoms with Crippen LogP contribution in [0.25, 0.3) is 0 Å². The quantitative estimate of drug-likeness (QED) is 0.223. The van der Waals surface area contributed by atoms with Gasteiger partial charge in [-0.2, -0.15) is 20.1 Å². The van der Waals surface area contributed by atoms with Gasteiger partial charge in [0.1, 0.15) is 5.71 Å². The van der Waals surface area contributed by atoms with Crippen LogP contribution in [-0.2, 0) is 23.7 Å². The van der Waals surface area contributed by atoms with Gasteiger partial charge < -0.3 is 18.9 Å². The van der Waals surface area contributed by atoms with E-state index in [1.807, 2.05) is 0 Å². The van der Waals surface area contributed by atoms with Crippen LogP contribution in [0, 0.1) is 0 Å². The Morgan fingerprint density at radius 2 is 1.44 bits per heavy atom. The fourth-order valence-corrected chi connectivity index (χ4v) is 5.86. The smallest absolute Gasteiger partial charge is 0.440 e. The summed E-state index contributed by atoms with van der Waals surface area (Å²) < 4.78 is 22.1. The Kier molecular flexibility index (Phi) is 11.2. The number of carbonyl (C=O) groups excluding carboxylic acids is 5. The highest BCUT2D eigenvalue weighted by Crippen LogP contribution is 2.43. The standard InChI is InChI=1S/C30H37N7O9S2/c1-17(2)43-26(39)33-37(29(42)46-20(7)8)48-25-31-30(36(28(41)45-19(5)6)35(25)27(40)44-18(3)4)23(22-15-12-16-47-22)32-34(24(30)38)21-13-10-9-11-14-21/h9-20H,1-8H3,(H,33,39). The Bertz CT molecular complexity index is 1580. The number of thiophene rings is 1. The highest BCUT2D eigenvalue weighted by Gasteiger charge is 2.67. The number of anilines is 1. The minimum atomic E-state index is -2.38. The van der Waals surface area contributed by atoms with Crippen molar-refractivity contribution < 1.29 is 42.9 Å². The lowest BCUT2D eigenvalue weighted by molar-refractivity contribution is -0.128. The number of para-hydroxylation sites is 1. The van der Waals surface area contributed by atoms with Crippen LogP contribution in [0.1, 0.15) is 60.3 Å². The predicted octanol–water partition coefficient (Wildman–Crippen LogP) is 5.72. The number of hydrogen-bond donors (Lipinski definition) is 1. The van der Waals surface area contributed by atoms with Gasteiger partial charge in [-0.3, -0.25) is 4.79 Å². The molecule has 0 fully saturated rings. The van der Waals surface area contributed by atoms with Gasteiger partial charge in [0, 0.05) is 0 Å². The highest BCUT2D eigenvalue weighted by atomic mass is 32.2. The lowest BCUT2D eigenvalue weighted by Crippen LogP contribution is -2.64. The number of nitrogens with one attached hydrogen (secondary N) is 1. The summed E-state index contributed by atoms with van der Waals surface area (Å²) in [6, 6.07) is 11.8. The molecule has 1 unspecified atom stereocenters. The predicted molar refractivity (Wildman–Crippen MR) is 178 cm³/mol. The molecule has 18 heteroatoms. The molecule has 48 heavy (non-hydrogen) atoms. The number of ether oxygens (including phenoxy) is 4. The van der Waals surface area contributed by atoms with Crippen molar-refractivity contribution in [2.45, 2.75) is 85.5 Å². The van der Waals surface area contributed by atoms with Crippen LogP contribution in [0.2, 0.25) is 0 Å². The van der Waals surface area contributed by atoms with Crippen LogP contribution < -0.4 is 10.4 Å². The fourth-order valence-electron chi connectivity index (χ4n) is 4.29. The molecule has 0 radical (unpaired) electrons. The number of aliphatic imine (C=N–C) groups is 1. The van der Waals surface area contributed by atoms with Gasteiger partial charge in [0.05, 0.1) is 46.9 Å². The lowest BCUT2D eigenvalue weighted by atomic mass is 10.0. The number of rotatable bonds is 6. The Labute approximate surface area is 285 Å². The maximum atomic E-state index is 14.7. The molecule has 5 amide bonds. The van der Waals surface area contributed by atoms with E-state index in [-0.39, 0.29) is 5.71 Å². The molecule has 2 aliphatic heterocycles. The van der Waals surface area contributed by atoms with Crippen LogP contribution in [0.15, 0.2) is 57.9 Å². The number of hydrogen-bond acceptors (Lipinski definition) is 13. The average molecular weight is 704 g/mol. The first kappa shape index (κ1) is 36.0. The van der Waals surface area contributed by atoms with Gasteiger partial charge in [-0.25, -0.2) is 29.6 Å². The molecule has 0 saturated heterocycles. The molecule has 1 aromatic carbocycles. The van der Waals surface area contributed by atoms with Crippen molar-refractivity contribution in [3.05, 3.63) is 52.7 Å². The number of hydrazone groups is 1. The molecule has 4 rings (SSSR count). The van der Waals surface area contributed by atoms with E-state index in [4.69, 9.17) is 18.9 Å². The number of carbonyl (C=O) groups is 5. The number of amides is 5. The maximum absolute atomic E-state index is 14.7. The van der Waals surface area contributed by atoms with Gasteiger partial charge in [-0.15, -0.1) is 15.8 Å². The summed E-state index contributed by atoms with van der Waals surface area (Å²) in [5.41, 5.74) is 0.211. The van der Waals surface area contributed by atoms with Crippen molar-refractivity contribution in [1.29, 1.82) is 0 Å². The molecule has 258 valence electrons. The summed E-state index contributed by atoms with van der Waals surface area (Å²) in [6.07, 6.45) is -7.01. The van der Waals surface area contributed by atoms with Crippen molar-refractivity contribution in [3.63, 3.8) is 0 Å². The van der Waals surface area contributed by atoms with Crippen LogP contribution in [0.4, 0.5) is 24.9 Å². The van der Waals surface area contributed by atoms with Gasteiger partial charge in [0.2, 0.25) is 5.17 Å². The normalized spacial score (nSPS) is 17.3. The van der Waals surface area contributed by atoms with Crippen LogP contribution >= 0.6 is 23.3 Å². The third kappa shape index (κ3) is 7.65. The molecule has 1 aromatic heterocycles. The van der Waals surface area contributed by atoms with Crippen molar-refractivity contribution in [3.8, 4) is 0 Å². The largest absolute Gasteiger partial charge is 0.446 e. The Hall–Kier alpha value is -4.84. The second-order valence-corrected chi connectivity index (χ2v) is 13.2. The number of benzene rings is 1. The topological polar surface area (TPSA) is 172 Å². The zero-order valence-corrected chi connectivity index (χ0v) is 29.2. The molecule has 0 bridgehead atoms. The molecule has 1 N–H and O–H groups in total. The van der Waals surface area contributed by atoms with E-state index in [0.29, 0.717) is 36.9 Å². The Morgan fingerprint density at radius 3 is 2.00 bits per heavy atom. The molecule has 2 aliphatic rings. The summed E-state index contributed by atoms with van der Waals surface area (Å²) in [6.45, 7) is 12.7. The summed E-state index contributed by atoms with van der Waals surface area (Å²) >= 11 is 1.58. The maximum Gasteiger partial charge on any atom is 0.440 e. The molecule has 16 nitrogen and oxygen atoms in total. The summed E-state index contributed by atoms with van der Waals surface area (Å²) in [4.78, 5) is 73.8. The third-order valence-electron chi connectivity index (χ3n) is 5.95. The van der Waals surface area contributed by atoms with E-state index in [1.54, 1.807) is 103 Å². The van der Waals surface area contributed by atoms with Crippen molar-refractivity contribution >= 4 is 70.1 Å². The average Bonchev–Trinajstić information content (AvgIpc) is 3.69. The molecule has 0 saturated carbocycles. The molecular weight excluding hydrogens is 667 g/mol. The number of nitrogens with zero attached hydrogens (tertiary/aromatic N) is 6. The second-order valence-electron chi connectivity index (χ2n) is 11.3. The van der Waals surface area contributed by atoms with Gasteiger partial charge in [-0.1, -0.05) is 24.3 Å². The van der Waals surface area contributed by atoms with E-state index in [9.17, 15) is 24.0 Å². The Balaban J connectivity index is 1.96. The van der Waals surface area contributed by atoms with Gasteiger partial charge >= 0.3 is 30.3 Å². The summed E-state index contributed by atoms with van der Waals surface area (Å²) in [7, 11) is 0. The van der Waals surface area contributed by atoms with E-state index < -0.39 is 65.5 Å². The minimum Gasteiger partial charge on any atom is -0.446 e. The van der Waals surface area contributed by atoms with Crippen LogP contribution in [0.5, 0.6) is 0 Å². The first-order valence-electron chi connectivity index (χ1n) is 15.0. The molecule has 1 atom stereocenters. The van der Waals surface area contributed by atoms with E-state index in [0.717, 1.165) is 5.01 Å². The molecule has 1 spiro atoms. The van der Waals surface area contributed by atoms with Crippen molar-refractivity contribution in [2.75, 3.05) is 5.01 Å². The van der Waals surface area contributed by atoms with Crippen LogP contribution in [0.3, 0.4) is 0 Å². The summed E-state index contributed by atoms with van der Waals surface area (Å²) in [5, 5.41) is 8.37. The number of amidine groups is 1. The fraction of sp³-hybridized carbons (Fsp3) is 0.433. The summed E-state index contributed by atoms with van der Waals surface area (Å²) in [5.74, 6) is -0.848. The lowest BCUT2D eigenvalue weighted by Gasteiger charge is -2.35. The van der Waals surface area contributed by atoms with Gasteiger partial charge in [-0.05, 0) is 79.0 Å². The zero-order valence-electron chi connectivity index (χ0n) is 27.6. The van der Waals surface area contributed by atoms with E-state index in [1.165, 1.54) is 11.3 Å². The van der Waals surface area contributed by atoms with Crippen molar-refractivity contribution in [1.82, 2.24) is 19.9 Å². The van der Waals surface area contributed by atoms with Gasteiger partial charge in [0.15, 0.2) is 0 Å². The monoisotopic (exact) mass is 703 g/mol. The second kappa shape index (κ2) is 14.9.